The number of benzene rings is 1. The zero-order chi connectivity index (χ0) is 21.7. The van der Waals surface area contributed by atoms with Crippen LogP contribution in [0.4, 0.5) is 0 Å². The molecule has 2 heterocycles. The Morgan fingerprint density at radius 1 is 1.30 bits per heavy atom. The monoisotopic (exact) mass is 409 g/mol. The molecule has 1 aliphatic heterocycles. The van der Waals surface area contributed by atoms with Crippen LogP contribution in [0, 0.1) is 18.3 Å². The number of methoxy groups -OCH3 is 1. The molecule has 1 amide bonds. The Labute approximate surface area is 180 Å². The summed E-state index contributed by atoms with van der Waals surface area (Å²) in [5, 5.41) is 3.31. The molecule has 0 aliphatic carbocycles. The Balaban J connectivity index is 1.79. The average Bonchev–Trinajstić information content (AvgIpc) is 2.72. The number of hydrogen-bond acceptors (Lipinski definition) is 4. The van der Waals surface area contributed by atoms with Gasteiger partial charge in [-0.05, 0) is 50.4 Å². The molecule has 0 bridgehead atoms. The van der Waals surface area contributed by atoms with Crippen molar-refractivity contribution >= 4 is 5.91 Å². The second-order valence-electron chi connectivity index (χ2n) is 9.41. The molecule has 0 unspecified atom stereocenters. The lowest BCUT2D eigenvalue weighted by Crippen LogP contribution is -2.45. The van der Waals surface area contributed by atoms with Gasteiger partial charge >= 0.3 is 0 Å². The summed E-state index contributed by atoms with van der Waals surface area (Å²) in [6.45, 7) is 10.8. The van der Waals surface area contributed by atoms with E-state index in [4.69, 9.17) is 4.74 Å². The number of piperidine rings is 1. The highest BCUT2D eigenvalue weighted by atomic mass is 16.5. The van der Waals surface area contributed by atoms with Crippen LogP contribution >= 0.6 is 0 Å². The van der Waals surface area contributed by atoms with E-state index >= 15 is 0 Å². The van der Waals surface area contributed by atoms with Gasteiger partial charge in [0, 0.05) is 30.3 Å². The molecular weight excluding hydrogens is 374 g/mol. The third kappa shape index (κ3) is 5.60. The molecule has 0 spiro atoms. The maximum Gasteiger partial charge on any atom is 0.225 e. The van der Waals surface area contributed by atoms with Crippen molar-refractivity contribution in [3.8, 4) is 5.75 Å². The predicted octanol–water partition coefficient (Wildman–Crippen LogP) is 4.51. The molecule has 0 saturated carbocycles. The zero-order valence-electron chi connectivity index (χ0n) is 18.9. The van der Waals surface area contributed by atoms with Crippen molar-refractivity contribution < 1.29 is 9.53 Å². The van der Waals surface area contributed by atoms with Gasteiger partial charge in [-0.1, -0.05) is 44.5 Å². The lowest BCUT2D eigenvalue weighted by molar-refractivity contribution is -0.130. The van der Waals surface area contributed by atoms with Crippen LogP contribution in [0.5, 0.6) is 5.75 Å². The smallest absolute Gasteiger partial charge is 0.225 e. The van der Waals surface area contributed by atoms with Gasteiger partial charge in [0.2, 0.25) is 5.91 Å². The summed E-state index contributed by atoms with van der Waals surface area (Å²) in [5.41, 5.74) is 2.96. The summed E-state index contributed by atoms with van der Waals surface area (Å²) < 4.78 is 5.58. The first-order chi connectivity index (χ1) is 14.3. The van der Waals surface area contributed by atoms with Crippen LogP contribution < -0.4 is 10.1 Å². The molecule has 2 aromatic rings. The molecule has 1 aliphatic rings. The molecule has 1 saturated heterocycles. The van der Waals surface area contributed by atoms with E-state index in [1.807, 2.05) is 51.2 Å². The number of pyridine rings is 1. The number of aryl methyl sites for hydroxylation is 1. The first kappa shape index (κ1) is 22.3. The van der Waals surface area contributed by atoms with Crippen molar-refractivity contribution in [1.29, 1.82) is 0 Å². The number of ether oxygens (including phenoxy) is 1. The minimum Gasteiger partial charge on any atom is -0.496 e. The summed E-state index contributed by atoms with van der Waals surface area (Å²) >= 11 is 0. The highest BCUT2D eigenvalue weighted by Gasteiger charge is 2.33. The van der Waals surface area contributed by atoms with Gasteiger partial charge in [-0.3, -0.25) is 14.7 Å². The van der Waals surface area contributed by atoms with Crippen LogP contribution in [0.1, 0.15) is 56.5 Å². The highest BCUT2D eigenvalue weighted by molar-refractivity contribution is 5.81. The van der Waals surface area contributed by atoms with Crippen LogP contribution in [-0.4, -0.2) is 36.0 Å². The summed E-state index contributed by atoms with van der Waals surface area (Å²) in [5.74, 6) is 1.32. The molecule has 1 aromatic carbocycles. The van der Waals surface area contributed by atoms with Crippen molar-refractivity contribution in [3.05, 3.63) is 59.4 Å². The molecule has 1 fully saturated rings. The average molecular weight is 410 g/mol. The molecular formula is C25H35N3O2. The van der Waals surface area contributed by atoms with Gasteiger partial charge in [0.1, 0.15) is 5.75 Å². The Morgan fingerprint density at radius 3 is 2.77 bits per heavy atom. The fourth-order valence-electron chi connectivity index (χ4n) is 4.13. The number of carbonyl (C=O) groups excluding carboxylic acids is 1. The van der Waals surface area contributed by atoms with Crippen molar-refractivity contribution in [2.24, 2.45) is 11.3 Å². The van der Waals surface area contributed by atoms with E-state index in [9.17, 15) is 4.79 Å². The van der Waals surface area contributed by atoms with Gasteiger partial charge in [0.25, 0.3) is 0 Å². The number of carbonyl (C=O) groups is 1. The minimum atomic E-state index is -0.434. The highest BCUT2D eigenvalue weighted by Crippen LogP contribution is 2.32. The van der Waals surface area contributed by atoms with Crippen LogP contribution in [0.15, 0.2) is 42.6 Å². The Kier molecular flexibility index (Phi) is 7.14. The first-order valence-corrected chi connectivity index (χ1v) is 10.9. The van der Waals surface area contributed by atoms with Crippen molar-refractivity contribution in [3.63, 3.8) is 0 Å². The molecule has 1 aromatic heterocycles. The van der Waals surface area contributed by atoms with Gasteiger partial charge in [0.15, 0.2) is 0 Å². The maximum atomic E-state index is 12.8. The van der Waals surface area contributed by atoms with Gasteiger partial charge < -0.3 is 10.1 Å². The van der Waals surface area contributed by atoms with Crippen molar-refractivity contribution in [2.45, 2.75) is 53.1 Å². The van der Waals surface area contributed by atoms with Crippen LogP contribution in [0.25, 0.3) is 0 Å². The zero-order valence-corrected chi connectivity index (χ0v) is 18.9. The van der Waals surface area contributed by atoms with E-state index in [0.717, 1.165) is 43.9 Å². The van der Waals surface area contributed by atoms with E-state index < -0.39 is 5.41 Å². The number of rotatable bonds is 6. The first-order valence-electron chi connectivity index (χ1n) is 10.9. The molecule has 2 atom stereocenters. The molecule has 5 heteroatoms. The Bertz CT molecular complexity index is 845. The van der Waals surface area contributed by atoms with Gasteiger partial charge in [0.05, 0.1) is 18.8 Å². The van der Waals surface area contributed by atoms with Gasteiger partial charge in [-0.15, -0.1) is 0 Å². The quantitative estimate of drug-likeness (QED) is 0.762. The number of nitrogens with zero attached hydrogens (tertiary/aromatic N) is 2. The number of likely N-dealkylation sites (tertiary alicyclic amines) is 1. The molecule has 3 rings (SSSR count). The second kappa shape index (κ2) is 9.61. The van der Waals surface area contributed by atoms with Crippen molar-refractivity contribution in [2.75, 3.05) is 20.2 Å². The fraction of sp³-hybridized carbons (Fsp3) is 0.520. The second-order valence-corrected chi connectivity index (χ2v) is 9.41. The van der Waals surface area contributed by atoms with Gasteiger partial charge in [-0.25, -0.2) is 0 Å². The third-order valence-corrected chi connectivity index (χ3v) is 5.82. The van der Waals surface area contributed by atoms with E-state index in [1.165, 1.54) is 11.1 Å². The summed E-state index contributed by atoms with van der Waals surface area (Å²) in [7, 11) is 1.73. The van der Waals surface area contributed by atoms with Crippen LogP contribution in [0.2, 0.25) is 0 Å². The number of hydrogen-bond donors (Lipinski definition) is 1. The number of amides is 1. The molecule has 1 N–H and O–H groups in total. The Hall–Kier alpha value is -2.40. The molecule has 162 valence electrons. The molecule has 0 radical (unpaired) electrons. The van der Waals surface area contributed by atoms with E-state index in [0.29, 0.717) is 5.92 Å². The molecule has 5 nitrogen and oxygen atoms in total. The van der Waals surface area contributed by atoms with E-state index in [1.54, 1.807) is 7.11 Å². The van der Waals surface area contributed by atoms with Crippen LogP contribution in [-0.2, 0) is 11.3 Å². The summed E-state index contributed by atoms with van der Waals surface area (Å²) in [6, 6.07) is 12.2. The fourth-order valence-corrected chi connectivity index (χ4v) is 4.13. The molecule has 30 heavy (non-hydrogen) atoms. The summed E-state index contributed by atoms with van der Waals surface area (Å²) in [6.07, 6.45) is 3.99. The van der Waals surface area contributed by atoms with Gasteiger partial charge in [-0.2, -0.15) is 0 Å². The lowest BCUT2D eigenvalue weighted by Gasteiger charge is -2.38. The largest absolute Gasteiger partial charge is 0.496 e. The SMILES string of the molecule is COc1ccc(C)cc1CN1CCC[C@H]([C@@H](NC(=O)C(C)(C)C)c2ccccn2)C1. The van der Waals surface area contributed by atoms with Crippen LogP contribution in [0.3, 0.4) is 0 Å². The number of aromatic nitrogens is 1. The normalized spacial score (nSPS) is 18.6. The third-order valence-electron chi connectivity index (χ3n) is 5.82. The maximum absolute atomic E-state index is 12.8. The van der Waals surface area contributed by atoms with E-state index in [-0.39, 0.29) is 11.9 Å². The standard InChI is InChI=1S/C25H35N3O2/c1-18-11-12-22(30-5)20(15-18)17-28-14-8-9-19(16-28)23(21-10-6-7-13-26-21)27-24(29)25(2,3)4/h6-7,10-13,15,19,23H,8-9,14,16-17H2,1-5H3,(H,27,29)/t19-,23+/m0/s1. The predicted molar refractivity (Wildman–Crippen MR) is 120 cm³/mol. The minimum absolute atomic E-state index is 0.0654. The topological polar surface area (TPSA) is 54.5 Å². The van der Waals surface area contributed by atoms with Crippen molar-refractivity contribution in [1.82, 2.24) is 15.2 Å². The van der Waals surface area contributed by atoms with E-state index in [2.05, 4.69) is 34.3 Å². The number of nitrogens with one attached hydrogen (secondary N) is 1. The lowest BCUT2D eigenvalue weighted by atomic mass is 9.86. The Morgan fingerprint density at radius 2 is 2.10 bits per heavy atom. The summed E-state index contributed by atoms with van der Waals surface area (Å²) in [4.78, 5) is 19.9.